The number of halogens is 2. The molecule has 0 saturated heterocycles. The quantitative estimate of drug-likeness (QED) is 0.685. The molecule has 1 rings (SSSR count). The van der Waals surface area contributed by atoms with Gasteiger partial charge in [0.05, 0.1) is 6.04 Å². The van der Waals surface area contributed by atoms with E-state index >= 15 is 0 Å². The van der Waals surface area contributed by atoms with E-state index < -0.39 is 29.8 Å². The van der Waals surface area contributed by atoms with Crippen LogP contribution in [0.25, 0.3) is 0 Å². The van der Waals surface area contributed by atoms with Gasteiger partial charge in [-0.2, -0.15) is 8.78 Å². The van der Waals surface area contributed by atoms with Crippen molar-refractivity contribution in [1.29, 1.82) is 0 Å². The molecule has 1 aromatic carbocycles. The van der Waals surface area contributed by atoms with Crippen LogP contribution in [0.5, 0.6) is 0 Å². The molecular weight excluding hydrogens is 287 g/mol. The van der Waals surface area contributed by atoms with Gasteiger partial charge >= 0.3 is 0 Å². The fraction of sp³-hybridized carbons (Fsp3) is 0.462. The molecule has 0 aliphatic carbocycles. The van der Waals surface area contributed by atoms with Gasteiger partial charge < -0.3 is 15.5 Å². The summed E-state index contributed by atoms with van der Waals surface area (Å²) in [6.45, 7) is 1.22. The summed E-state index contributed by atoms with van der Waals surface area (Å²) < 4.78 is 26.4. The average molecular weight is 305 g/mol. The molecule has 4 unspecified atom stereocenters. The third-order valence-electron chi connectivity index (χ3n) is 2.78. The van der Waals surface area contributed by atoms with Crippen molar-refractivity contribution in [3.8, 4) is 0 Å². The topological polar surface area (TPSA) is 69.6 Å². The van der Waals surface area contributed by atoms with Crippen LogP contribution in [0.4, 0.5) is 8.78 Å². The molecule has 0 fully saturated rings. The summed E-state index contributed by atoms with van der Waals surface area (Å²) in [7, 11) is 1.25. The molecule has 1 amide bonds. The van der Waals surface area contributed by atoms with Crippen molar-refractivity contribution in [1.82, 2.24) is 5.32 Å². The van der Waals surface area contributed by atoms with Crippen LogP contribution in [-0.2, 0) is 11.2 Å². The van der Waals surface area contributed by atoms with Crippen molar-refractivity contribution in [3.05, 3.63) is 35.9 Å². The Hall–Kier alpha value is -1.10. The number of aliphatic hydroxyl groups excluding tert-OH is 2. The highest BCUT2D eigenvalue weighted by atomic mass is 31.0. The first-order valence-electron chi connectivity index (χ1n) is 6.09. The molecule has 1 aromatic rings. The normalized spacial score (nSPS) is 16.3. The average Bonchev–Trinajstić information content (AvgIpc) is 2.37. The Morgan fingerprint density at radius 2 is 1.90 bits per heavy atom. The summed E-state index contributed by atoms with van der Waals surface area (Å²) >= 11 is 0. The third-order valence-corrected chi connectivity index (χ3v) is 3.12. The number of alkyl halides is 2. The van der Waals surface area contributed by atoms with Crippen LogP contribution in [0.3, 0.4) is 0 Å². The predicted octanol–water partition coefficient (Wildman–Crippen LogP) is 0.923. The number of hydrogen-bond acceptors (Lipinski definition) is 3. The zero-order chi connectivity index (χ0) is 15.3. The lowest BCUT2D eigenvalue weighted by molar-refractivity contribution is -0.131. The van der Waals surface area contributed by atoms with E-state index in [0.29, 0.717) is 5.56 Å². The molecule has 0 bridgehead atoms. The van der Waals surface area contributed by atoms with E-state index in [1.807, 2.05) is 0 Å². The summed E-state index contributed by atoms with van der Waals surface area (Å²) in [5.74, 6) is -0.806. The number of nitrogens with one attached hydrogen (secondary N) is 1. The van der Waals surface area contributed by atoms with Crippen molar-refractivity contribution >= 4 is 15.1 Å². The van der Waals surface area contributed by atoms with E-state index in [1.54, 1.807) is 30.3 Å². The highest BCUT2D eigenvalue weighted by Gasteiger charge is 2.39. The van der Waals surface area contributed by atoms with Crippen LogP contribution in [0, 0.1) is 0 Å². The Morgan fingerprint density at radius 1 is 1.35 bits per heavy atom. The maximum atomic E-state index is 13.2. The van der Waals surface area contributed by atoms with Crippen LogP contribution in [0.15, 0.2) is 30.3 Å². The first-order valence-corrected chi connectivity index (χ1v) is 6.66. The Morgan fingerprint density at radius 3 is 2.35 bits per heavy atom. The zero-order valence-corrected chi connectivity index (χ0v) is 12.1. The minimum atomic E-state index is -3.44. The summed E-state index contributed by atoms with van der Waals surface area (Å²) in [4.78, 5) is 11.5. The van der Waals surface area contributed by atoms with Gasteiger partial charge in [-0.15, -0.1) is 0 Å². The number of aliphatic hydroxyl groups is 2. The molecule has 0 spiro atoms. The van der Waals surface area contributed by atoms with Crippen LogP contribution >= 0.6 is 9.24 Å². The van der Waals surface area contributed by atoms with Gasteiger partial charge in [0.15, 0.2) is 0 Å². The second-order valence-electron chi connectivity index (χ2n) is 4.60. The van der Waals surface area contributed by atoms with Crippen molar-refractivity contribution in [2.75, 3.05) is 0 Å². The number of amides is 1. The summed E-state index contributed by atoms with van der Waals surface area (Å²) in [6.07, 6.45) is -3.38. The van der Waals surface area contributed by atoms with Crippen molar-refractivity contribution in [2.45, 2.75) is 37.3 Å². The van der Waals surface area contributed by atoms with Gasteiger partial charge in [0, 0.05) is 0 Å². The van der Waals surface area contributed by atoms with Gasteiger partial charge in [-0.3, -0.25) is 4.79 Å². The lowest BCUT2D eigenvalue weighted by Crippen LogP contribution is -2.52. The molecule has 0 aliphatic heterocycles. The summed E-state index contributed by atoms with van der Waals surface area (Å²) in [5.41, 5.74) is -2.75. The zero-order valence-electron chi connectivity index (χ0n) is 11.0. The van der Waals surface area contributed by atoms with Crippen LogP contribution in [0.1, 0.15) is 12.5 Å². The molecule has 20 heavy (non-hydrogen) atoms. The standard InChI is InChI=1S/C13H18F2NO3P/c1-8(17)12(19)16-10(11(18)13(14,15)20)7-9-5-3-2-4-6-9/h2-6,8,10-11,17-18H,7,20H2,1H3,(H,16,19). The molecule has 4 nitrogen and oxygen atoms in total. The SMILES string of the molecule is CC(O)C(=O)NC(Cc1ccccc1)C(O)C(F)(F)P. The molecular formula is C13H18F2NO3P. The van der Waals surface area contributed by atoms with E-state index in [4.69, 9.17) is 5.11 Å². The van der Waals surface area contributed by atoms with Crippen LogP contribution < -0.4 is 5.32 Å². The fourth-order valence-corrected chi connectivity index (χ4v) is 1.91. The number of benzene rings is 1. The molecule has 0 aromatic heterocycles. The molecule has 112 valence electrons. The van der Waals surface area contributed by atoms with Crippen molar-refractivity contribution in [3.63, 3.8) is 0 Å². The van der Waals surface area contributed by atoms with Crippen LogP contribution in [-0.4, -0.2) is 40.0 Å². The third kappa shape index (κ3) is 5.12. The highest BCUT2D eigenvalue weighted by molar-refractivity contribution is 7.18. The largest absolute Gasteiger partial charge is 0.384 e. The van der Waals surface area contributed by atoms with Gasteiger partial charge in [0.25, 0.3) is 5.66 Å². The fourth-order valence-electron chi connectivity index (χ4n) is 1.68. The molecule has 4 atom stereocenters. The van der Waals surface area contributed by atoms with Crippen molar-refractivity contribution in [2.24, 2.45) is 0 Å². The molecule has 3 N–H and O–H groups in total. The number of rotatable bonds is 6. The first kappa shape index (κ1) is 17.0. The number of carbonyl (C=O) groups is 1. The Labute approximate surface area is 118 Å². The Balaban J connectivity index is 2.87. The maximum Gasteiger partial charge on any atom is 0.286 e. The monoisotopic (exact) mass is 305 g/mol. The smallest absolute Gasteiger partial charge is 0.286 e. The van der Waals surface area contributed by atoms with Gasteiger partial charge in [0.1, 0.15) is 12.2 Å². The summed E-state index contributed by atoms with van der Waals surface area (Å²) in [5, 5.41) is 21.0. The Kier molecular flexibility index (Phi) is 5.99. The van der Waals surface area contributed by atoms with E-state index in [2.05, 4.69) is 5.32 Å². The molecule has 0 heterocycles. The highest BCUT2D eigenvalue weighted by Crippen LogP contribution is 2.29. The molecule has 0 saturated carbocycles. The maximum absolute atomic E-state index is 13.2. The van der Waals surface area contributed by atoms with Crippen LogP contribution in [0.2, 0.25) is 0 Å². The van der Waals surface area contributed by atoms with Gasteiger partial charge in [0.2, 0.25) is 5.91 Å². The predicted molar refractivity (Wildman–Crippen MR) is 74.4 cm³/mol. The molecule has 0 radical (unpaired) electrons. The van der Waals surface area contributed by atoms with Gasteiger partial charge in [-0.05, 0) is 18.9 Å². The lowest BCUT2D eigenvalue weighted by Gasteiger charge is -2.28. The van der Waals surface area contributed by atoms with E-state index in [1.165, 1.54) is 16.2 Å². The Bertz CT molecular complexity index is 437. The first-order chi connectivity index (χ1) is 9.21. The number of carbonyl (C=O) groups excluding carboxylic acids is 1. The van der Waals surface area contributed by atoms with E-state index in [0.717, 1.165) is 0 Å². The lowest BCUT2D eigenvalue weighted by atomic mass is 10.0. The van der Waals surface area contributed by atoms with E-state index in [9.17, 15) is 18.7 Å². The second kappa shape index (κ2) is 7.07. The van der Waals surface area contributed by atoms with E-state index in [-0.39, 0.29) is 6.42 Å². The minimum Gasteiger partial charge on any atom is -0.384 e. The molecule has 0 aliphatic rings. The van der Waals surface area contributed by atoms with Gasteiger partial charge in [-0.1, -0.05) is 39.6 Å². The molecule has 7 heteroatoms. The minimum absolute atomic E-state index is 0.0322. The van der Waals surface area contributed by atoms with Crippen molar-refractivity contribution < 1.29 is 23.8 Å². The number of hydrogen-bond donors (Lipinski definition) is 3. The summed E-state index contributed by atoms with van der Waals surface area (Å²) in [6, 6.07) is 7.44. The van der Waals surface area contributed by atoms with Gasteiger partial charge in [-0.25, -0.2) is 0 Å². The second-order valence-corrected chi connectivity index (χ2v) is 5.37.